The van der Waals surface area contributed by atoms with Crippen LogP contribution in [-0.4, -0.2) is 29.7 Å². The number of hydrogen-bond acceptors (Lipinski definition) is 9. The van der Waals surface area contributed by atoms with Crippen LogP contribution in [0, 0.1) is 11.3 Å². The van der Waals surface area contributed by atoms with Gasteiger partial charge in [0.05, 0.1) is 41.1 Å². The minimum atomic E-state index is -0.569. The first kappa shape index (κ1) is 24.5. The molecule has 0 fully saturated rings. The molecule has 2 amide bonds. The molecule has 2 aromatic heterocycles. The zero-order chi connectivity index (χ0) is 24.8. The van der Waals surface area contributed by atoms with Crippen LogP contribution in [0.4, 0.5) is 10.8 Å². The van der Waals surface area contributed by atoms with Crippen molar-refractivity contribution in [3.63, 3.8) is 0 Å². The lowest BCUT2D eigenvalue weighted by Gasteiger charge is -2.29. The number of anilines is 2. The van der Waals surface area contributed by atoms with Crippen LogP contribution in [0.1, 0.15) is 17.7 Å². The fourth-order valence-corrected chi connectivity index (χ4v) is 5.86. The normalized spacial score (nSPS) is 15.3. The van der Waals surface area contributed by atoms with E-state index in [2.05, 4.69) is 27.0 Å². The van der Waals surface area contributed by atoms with Gasteiger partial charge in [-0.15, -0.1) is 22.7 Å². The summed E-state index contributed by atoms with van der Waals surface area (Å²) in [7, 11) is 1.54. The van der Waals surface area contributed by atoms with E-state index in [4.69, 9.17) is 4.74 Å². The molecule has 3 heterocycles. The van der Waals surface area contributed by atoms with Crippen molar-refractivity contribution in [2.24, 2.45) is 0 Å². The van der Waals surface area contributed by atoms with Crippen molar-refractivity contribution in [1.29, 1.82) is 5.26 Å². The third kappa shape index (κ3) is 5.57. The summed E-state index contributed by atoms with van der Waals surface area (Å²) in [5.41, 5.74) is 1.96. The number of thiophene rings is 1. The van der Waals surface area contributed by atoms with Gasteiger partial charge in [0, 0.05) is 27.7 Å². The minimum Gasteiger partial charge on any atom is -0.495 e. The number of aromatic nitrogens is 1. The third-order valence-corrected chi connectivity index (χ3v) is 7.74. The molecule has 1 atom stereocenters. The van der Waals surface area contributed by atoms with Gasteiger partial charge in [0.1, 0.15) is 5.75 Å². The number of nitrogens with one attached hydrogen (secondary N) is 3. The standard InChI is InChI=1S/C24H21N5O3S3/c1-14-20(22(31)28-16-6-3-4-7-17(16)32-2)21(18-8-5-10-33-18)15(12-25)23(27-14)35-13-19(30)29-24-26-9-11-34-24/h3-11,21,27H,13H2,1-2H3,(H,28,31)(H,26,29,30)/t21-/m1/s1. The molecule has 8 nitrogen and oxygen atoms in total. The molecule has 1 aliphatic heterocycles. The summed E-state index contributed by atoms with van der Waals surface area (Å²) in [6.07, 6.45) is 1.61. The first-order chi connectivity index (χ1) is 17.0. The van der Waals surface area contributed by atoms with E-state index in [9.17, 15) is 14.9 Å². The zero-order valence-electron chi connectivity index (χ0n) is 18.8. The SMILES string of the molecule is COc1ccccc1NC(=O)C1=C(C)NC(SCC(=O)Nc2nccs2)=C(C#N)[C@@H]1c1cccs1. The highest BCUT2D eigenvalue weighted by Crippen LogP contribution is 2.42. The number of hydrogen-bond donors (Lipinski definition) is 3. The Bertz CT molecular complexity index is 1320. The Hall–Kier alpha value is -3.59. The molecule has 0 radical (unpaired) electrons. The number of carbonyl (C=O) groups excluding carboxylic acids is 2. The minimum absolute atomic E-state index is 0.0836. The molecule has 1 aromatic carbocycles. The van der Waals surface area contributed by atoms with E-state index >= 15 is 0 Å². The second-order valence-corrected chi connectivity index (χ2v) is 10.2. The van der Waals surface area contributed by atoms with Crippen molar-refractivity contribution < 1.29 is 14.3 Å². The van der Waals surface area contributed by atoms with Crippen LogP contribution >= 0.6 is 34.4 Å². The number of nitrogens with zero attached hydrogens (tertiary/aromatic N) is 2. The number of amides is 2. The van der Waals surface area contributed by atoms with Crippen molar-refractivity contribution in [1.82, 2.24) is 10.3 Å². The van der Waals surface area contributed by atoms with Crippen LogP contribution in [0.5, 0.6) is 5.75 Å². The number of ether oxygens (including phenoxy) is 1. The molecule has 4 rings (SSSR count). The van der Waals surface area contributed by atoms with Crippen molar-refractivity contribution in [3.8, 4) is 11.8 Å². The molecule has 3 aromatic rings. The number of dihydropyridines is 1. The number of nitriles is 1. The van der Waals surface area contributed by atoms with E-state index in [1.54, 1.807) is 36.7 Å². The topological polar surface area (TPSA) is 116 Å². The molecule has 0 saturated heterocycles. The number of para-hydroxylation sites is 2. The van der Waals surface area contributed by atoms with Crippen molar-refractivity contribution >= 4 is 57.1 Å². The predicted molar refractivity (Wildman–Crippen MR) is 140 cm³/mol. The zero-order valence-corrected chi connectivity index (χ0v) is 21.3. The molecule has 0 spiro atoms. The van der Waals surface area contributed by atoms with E-state index < -0.39 is 5.92 Å². The molecule has 0 aliphatic carbocycles. The molecular formula is C24H21N5O3S3. The maximum atomic E-state index is 13.5. The van der Waals surface area contributed by atoms with Gasteiger partial charge in [0.2, 0.25) is 5.91 Å². The summed E-state index contributed by atoms with van der Waals surface area (Å²) in [5.74, 6) is -0.517. The number of thioether (sulfide) groups is 1. The van der Waals surface area contributed by atoms with Gasteiger partial charge in [-0.2, -0.15) is 5.26 Å². The smallest absolute Gasteiger partial charge is 0.254 e. The lowest BCUT2D eigenvalue weighted by atomic mass is 9.86. The van der Waals surface area contributed by atoms with E-state index in [1.165, 1.54) is 41.5 Å². The van der Waals surface area contributed by atoms with Gasteiger partial charge in [-0.05, 0) is 30.5 Å². The molecule has 35 heavy (non-hydrogen) atoms. The van der Waals surface area contributed by atoms with Gasteiger partial charge < -0.3 is 20.7 Å². The maximum Gasteiger partial charge on any atom is 0.254 e. The first-order valence-corrected chi connectivity index (χ1v) is 13.2. The quantitative estimate of drug-likeness (QED) is 0.384. The Morgan fingerprint density at radius 2 is 2.03 bits per heavy atom. The first-order valence-electron chi connectivity index (χ1n) is 10.4. The Morgan fingerprint density at radius 1 is 1.20 bits per heavy atom. The summed E-state index contributed by atoms with van der Waals surface area (Å²) >= 11 is 4.02. The van der Waals surface area contributed by atoms with Crippen molar-refractivity contribution in [2.45, 2.75) is 12.8 Å². The number of rotatable bonds is 8. The predicted octanol–water partition coefficient (Wildman–Crippen LogP) is 4.92. The summed E-state index contributed by atoms with van der Waals surface area (Å²) in [6, 6.07) is 13.2. The van der Waals surface area contributed by atoms with Crippen molar-refractivity contribution in [3.05, 3.63) is 80.1 Å². The summed E-state index contributed by atoms with van der Waals surface area (Å²) < 4.78 is 5.36. The van der Waals surface area contributed by atoms with Gasteiger partial charge in [0.25, 0.3) is 5.91 Å². The van der Waals surface area contributed by atoms with E-state index in [0.29, 0.717) is 38.4 Å². The van der Waals surface area contributed by atoms with Crippen LogP contribution in [-0.2, 0) is 9.59 Å². The number of benzene rings is 1. The van der Waals surface area contributed by atoms with Gasteiger partial charge in [-0.3, -0.25) is 9.59 Å². The number of methoxy groups -OCH3 is 1. The van der Waals surface area contributed by atoms with Crippen LogP contribution < -0.4 is 20.7 Å². The highest BCUT2D eigenvalue weighted by molar-refractivity contribution is 8.03. The second-order valence-electron chi connectivity index (χ2n) is 7.30. The van der Waals surface area contributed by atoms with E-state index in [0.717, 1.165) is 4.88 Å². The van der Waals surface area contributed by atoms with E-state index in [-0.39, 0.29) is 17.6 Å². The largest absolute Gasteiger partial charge is 0.495 e. The summed E-state index contributed by atoms with van der Waals surface area (Å²) in [6.45, 7) is 1.79. The van der Waals surface area contributed by atoms with Gasteiger partial charge >= 0.3 is 0 Å². The molecule has 0 saturated carbocycles. The van der Waals surface area contributed by atoms with Crippen LogP contribution in [0.25, 0.3) is 0 Å². The van der Waals surface area contributed by atoms with Gasteiger partial charge in [-0.25, -0.2) is 4.98 Å². The molecule has 1 aliphatic rings. The molecule has 3 N–H and O–H groups in total. The Kier molecular flexibility index (Phi) is 7.87. The maximum absolute atomic E-state index is 13.5. The lowest BCUT2D eigenvalue weighted by Crippen LogP contribution is -2.31. The Labute approximate surface area is 214 Å². The third-order valence-electron chi connectivity index (χ3n) is 5.10. The molecular weight excluding hydrogens is 502 g/mol. The Balaban J connectivity index is 1.61. The van der Waals surface area contributed by atoms with Crippen LogP contribution in [0.2, 0.25) is 0 Å². The molecule has 0 bridgehead atoms. The van der Waals surface area contributed by atoms with E-state index in [1.807, 2.05) is 23.6 Å². The number of allylic oxidation sites excluding steroid dienone is 2. The molecule has 178 valence electrons. The fourth-order valence-electron chi connectivity index (χ4n) is 3.58. The molecule has 11 heteroatoms. The Morgan fingerprint density at radius 3 is 2.71 bits per heavy atom. The monoisotopic (exact) mass is 523 g/mol. The summed E-state index contributed by atoms with van der Waals surface area (Å²) in [4.78, 5) is 30.8. The van der Waals surface area contributed by atoms with Crippen LogP contribution in [0.15, 0.2) is 75.2 Å². The summed E-state index contributed by atoms with van der Waals surface area (Å²) in [5, 5.41) is 23.7. The van der Waals surface area contributed by atoms with Crippen molar-refractivity contribution in [2.75, 3.05) is 23.5 Å². The highest BCUT2D eigenvalue weighted by atomic mass is 32.2. The van der Waals surface area contributed by atoms with Crippen LogP contribution in [0.3, 0.4) is 0 Å². The average Bonchev–Trinajstić information content (AvgIpc) is 3.57. The fraction of sp³-hybridized carbons (Fsp3) is 0.167. The highest BCUT2D eigenvalue weighted by Gasteiger charge is 2.35. The van der Waals surface area contributed by atoms with Gasteiger partial charge in [-0.1, -0.05) is 30.0 Å². The second kappa shape index (κ2) is 11.2. The van der Waals surface area contributed by atoms with Gasteiger partial charge in [0.15, 0.2) is 5.13 Å². The lowest BCUT2D eigenvalue weighted by molar-refractivity contribution is -0.114. The average molecular weight is 524 g/mol. The number of thiazole rings is 1. The number of carbonyl (C=O) groups is 2. The molecule has 0 unspecified atom stereocenters.